The molecule has 1 aromatic carbocycles. The quantitative estimate of drug-likeness (QED) is 0.582. The number of rotatable bonds is 4. The molecular weight excluding hydrogens is 287 g/mol. The number of hydrogen-bond donors (Lipinski definition) is 0. The van der Waals surface area contributed by atoms with Gasteiger partial charge in [0.15, 0.2) is 0 Å². The summed E-state index contributed by atoms with van der Waals surface area (Å²) < 4.78 is 19.4. The Labute approximate surface area is 130 Å². The summed E-state index contributed by atoms with van der Waals surface area (Å²) in [4.78, 5) is 0. The van der Waals surface area contributed by atoms with Crippen molar-refractivity contribution in [3.63, 3.8) is 0 Å². The average molecular weight is 307 g/mol. The van der Waals surface area contributed by atoms with E-state index in [9.17, 15) is 4.39 Å². The number of halogens is 2. The van der Waals surface area contributed by atoms with Gasteiger partial charge >= 0.3 is 0 Å². The van der Waals surface area contributed by atoms with Gasteiger partial charge in [-0.25, -0.2) is 4.39 Å². The van der Waals surface area contributed by atoms with Gasteiger partial charge in [0.2, 0.25) is 0 Å². The molecule has 0 N–H and O–H groups in total. The van der Waals surface area contributed by atoms with Gasteiger partial charge in [-0.2, -0.15) is 0 Å². The van der Waals surface area contributed by atoms with Crippen LogP contribution in [0.1, 0.15) is 37.7 Å². The highest BCUT2D eigenvalue weighted by Crippen LogP contribution is 2.48. The Morgan fingerprint density at radius 2 is 2.14 bits per heavy atom. The van der Waals surface area contributed by atoms with Crippen LogP contribution < -0.4 is 4.74 Å². The normalized spacial score (nSPS) is 26.5. The minimum absolute atomic E-state index is 0.296. The molecule has 2 fully saturated rings. The highest BCUT2D eigenvalue weighted by molar-refractivity contribution is 6.18. The lowest BCUT2D eigenvalue weighted by Crippen LogP contribution is -2.18. The van der Waals surface area contributed by atoms with Crippen molar-refractivity contribution in [2.45, 2.75) is 32.1 Å². The molecule has 0 heterocycles. The van der Waals surface area contributed by atoms with Crippen LogP contribution in [0.5, 0.6) is 5.75 Å². The fourth-order valence-electron chi connectivity index (χ4n) is 3.71. The maximum atomic E-state index is 13.6. The highest BCUT2D eigenvalue weighted by atomic mass is 35.5. The molecule has 21 heavy (non-hydrogen) atoms. The first-order valence-electron chi connectivity index (χ1n) is 7.73. The molecule has 1 aromatic rings. The van der Waals surface area contributed by atoms with E-state index in [0.29, 0.717) is 36.1 Å². The van der Waals surface area contributed by atoms with Crippen LogP contribution in [-0.2, 0) is 0 Å². The third-order valence-electron chi connectivity index (χ3n) is 4.67. The fraction of sp³-hybridized carbons (Fsp3) is 0.556. The van der Waals surface area contributed by atoms with E-state index in [4.69, 9.17) is 16.3 Å². The Kier molecular flexibility index (Phi) is 4.70. The van der Waals surface area contributed by atoms with Crippen LogP contribution in [0.2, 0.25) is 0 Å². The van der Waals surface area contributed by atoms with Gasteiger partial charge in [-0.05, 0) is 49.1 Å². The lowest BCUT2D eigenvalue weighted by Gasteiger charge is -2.21. The smallest absolute Gasteiger partial charge is 0.128 e. The molecule has 112 valence electrons. The van der Waals surface area contributed by atoms with Crippen LogP contribution in [-0.4, -0.2) is 12.5 Å². The Bertz CT molecular complexity index is 560. The van der Waals surface area contributed by atoms with Crippen LogP contribution >= 0.6 is 11.6 Å². The molecule has 0 amide bonds. The highest BCUT2D eigenvalue weighted by Gasteiger charge is 2.39. The minimum Gasteiger partial charge on any atom is -0.493 e. The van der Waals surface area contributed by atoms with Gasteiger partial charge in [0, 0.05) is 23.9 Å². The second kappa shape index (κ2) is 6.71. The van der Waals surface area contributed by atoms with Gasteiger partial charge in [0.25, 0.3) is 0 Å². The minimum atomic E-state index is -0.296. The molecule has 3 unspecified atom stereocenters. The van der Waals surface area contributed by atoms with E-state index in [-0.39, 0.29) is 5.82 Å². The Morgan fingerprint density at radius 3 is 2.86 bits per heavy atom. The summed E-state index contributed by atoms with van der Waals surface area (Å²) in [5, 5.41) is 0. The molecule has 0 saturated heterocycles. The lowest BCUT2D eigenvalue weighted by atomic mass is 9.89. The van der Waals surface area contributed by atoms with Crippen LogP contribution in [0.25, 0.3) is 0 Å². The summed E-state index contributed by atoms with van der Waals surface area (Å²) in [6, 6.07) is 4.70. The van der Waals surface area contributed by atoms with Crippen molar-refractivity contribution in [3.8, 4) is 17.6 Å². The number of ether oxygens (including phenoxy) is 1. The van der Waals surface area contributed by atoms with E-state index in [1.54, 1.807) is 0 Å². The maximum Gasteiger partial charge on any atom is 0.128 e. The van der Waals surface area contributed by atoms with Crippen LogP contribution in [0, 0.1) is 35.4 Å². The molecule has 3 atom stereocenters. The van der Waals surface area contributed by atoms with Crippen molar-refractivity contribution < 1.29 is 9.13 Å². The maximum absolute atomic E-state index is 13.6. The summed E-state index contributed by atoms with van der Waals surface area (Å²) in [6.45, 7) is 0.708. The monoisotopic (exact) mass is 306 g/mol. The molecule has 3 rings (SSSR count). The largest absolute Gasteiger partial charge is 0.493 e. The summed E-state index contributed by atoms with van der Waals surface area (Å²) in [5.41, 5.74) is 0.656. The van der Waals surface area contributed by atoms with Gasteiger partial charge in [-0.1, -0.05) is 18.3 Å². The third kappa shape index (κ3) is 3.71. The van der Waals surface area contributed by atoms with Gasteiger partial charge in [-0.15, -0.1) is 11.6 Å². The zero-order valence-corrected chi connectivity index (χ0v) is 12.8. The van der Waals surface area contributed by atoms with Crippen molar-refractivity contribution in [1.82, 2.24) is 0 Å². The second-order valence-electron chi connectivity index (χ2n) is 6.16. The Hall–Kier alpha value is -1.20. The predicted molar refractivity (Wildman–Crippen MR) is 83.0 cm³/mol. The number of fused-ring (bicyclic) bond motifs is 2. The lowest BCUT2D eigenvalue weighted by molar-refractivity contribution is 0.194. The molecule has 0 aromatic heterocycles. The van der Waals surface area contributed by atoms with Crippen molar-refractivity contribution in [2.75, 3.05) is 12.5 Å². The summed E-state index contributed by atoms with van der Waals surface area (Å²) in [7, 11) is 0. The SMILES string of the molecule is Fc1cc(C#CCCCl)cc(OCC2CC3CCC2C3)c1. The van der Waals surface area contributed by atoms with Crippen LogP contribution in [0.4, 0.5) is 4.39 Å². The Balaban J connectivity index is 1.61. The molecule has 0 radical (unpaired) electrons. The zero-order valence-electron chi connectivity index (χ0n) is 12.1. The van der Waals surface area contributed by atoms with E-state index < -0.39 is 0 Å². The fourth-order valence-corrected chi connectivity index (χ4v) is 3.81. The van der Waals surface area contributed by atoms with Crippen LogP contribution in [0.15, 0.2) is 18.2 Å². The van der Waals surface area contributed by atoms with E-state index >= 15 is 0 Å². The first kappa shape index (κ1) is 14.7. The van der Waals surface area contributed by atoms with Crippen molar-refractivity contribution in [3.05, 3.63) is 29.6 Å². The molecule has 1 nitrogen and oxygen atoms in total. The summed E-state index contributed by atoms with van der Waals surface area (Å²) in [5.74, 6) is 9.03. The molecular formula is C18H20ClFO. The summed E-state index contributed by atoms with van der Waals surface area (Å²) in [6.07, 6.45) is 5.99. The predicted octanol–water partition coefficient (Wildman–Crippen LogP) is 4.62. The molecule has 3 heteroatoms. The molecule has 0 aliphatic heterocycles. The Morgan fingerprint density at radius 1 is 1.24 bits per heavy atom. The van der Waals surface area contributed by atoms with Crippen molar-refractivity contribution in [1.29, 1.82) is 0 Å². The standard InChI is InChI=1S/C18H20ClFO/c19-6-2-1-3-13-9-17(20)11-18(10-13)21-12-16-8-14-4-5-15(16)7-14/h9-11,14-16H,2,4-8,12H2. The van der Waals surface area contributed by atoms with Gasteiger partial charge in [0.05, 0.1) is 6.61 Å². The van der Waals surface area contributed by atoms with Crippen LogP contribution in [0.3, 0.4) is 0 Å². The molecule has 2 saturated carbocycles. The van der Waals surface area contributed by atoms with E-state index in [2.05, 4.69) is 11.8 Å². The molecule has 2 aliphatic carbocycles. The van der Waals surface area contributed by atoms with Gasteiger partial charge < -0.3 is 4.74 Å². The molecule has 2 bridgehead atoms. The van der Waals surface area contributed by atoms with E-state index in [1.807, 2.05) is 6.07 Å². The van der Waals surface area contributed by atoms with Gasteiger partial charge in [-0.3, -0.25) is 0 Å². The molecule has 0 spiro atoms. The zero-order chi connectivity index (χ0) is 14.7. The van der Waals surface area contributed by atoms with Gasteiger partial charge in [0.1, 0.15) is 11.6 Å². The van der Waals surface area contributed by atoms with Crippen molar-refractivity contribution in [2.24, 2.45) is 17.8 Å². The number of hydrogen-bond acceptors (Lipinski definition) is 1. The second-order valence-corrected chi connectivity index (χ2v) is 6.54. The third-order valence-corrected chi connectivity index (χ3v) is 4.86. The number of alkyl halides is 1. The first-order chi connectivity index (χ1) is 10.2. The average Bonchev–Trinajstić information content (AvgIpc) is 3.07. The first-order valence-corrected chi connectivity index (χ1v) is 8.26. The topological polar surface area (TPSA) is 9.23 Å². The van der Waals surface area contributed by atoms with E-state index in [1.165, 1.54) is 37.8 Å². The van der Waals surface area contributed by atoms with Crippen molar-refractivity contribution >= 4 is 11.6 Å². The summed E-state index contributed by atoms with van der Waals surface area (Å²) >= 11 is 5.58. The number of benzene rings is 1. The van der Waals surface area contributed by atoms with E-state index in [0.717, 1.165) is 11.8 Å². The molecule has 2 aliphatic rings.